The molecule has 21 heavy (non-hydrogen) atoms. The van der Waals surface area contributed by atoms with Gasteiger partial charge in [0.2, 0.25) is 0 Å². The molecule has 0 radical (unpaired) electrons. The molecule has 118 valence electrons. The molecule has 1 N–H and O–H groups in total. The van der Waals surface area contributed by atoms with Crippen molar-refractivity contribution in [2.45, 2.75) is 32.4 Å². The van der Waals surface area contributed by atoms with Crippen LogP contribution in [0.2, 0.25) is 0 Å². The Morgan fingerprint density at radius 2 is 2.05 bits per heavy atom. The summed E-state index contributed by atoms with van der Waals surface area (Å²) in [7, 11) is 3.42. The average Bonchev–Trinajstić information content (AvgIpc) is 3.02. The Morgan fingerprint density at radius 1 is 1.29 bits per heavy atom. The van der Waals surface area contributed by atoms with Gasteiger partial charge in [-0.1, -0.05) is 6.92 Å². The Balaban J connectivity index is 2.21. The van der Waals surface area contributed by atoms with Crippen molar-refractivity contribution in [1.29, 1.82) is 0 Å². The molecule has 1 atom stereocenters. The van der Waals surface area contributed by atoms with Gasteiger partial charge in [0.15, 0.2) is 0 Å². The Hall–Kier alpha value is -0.780. The third-order valence-electron chi connectivity index (χ3n) is 3.99. The summed E-state index contributed by atoms with van der Waals surface area (Å²) < 4.78 is 11.9. The topological polar surface area (TPSA) is 33.7 Å². The van der Waals surface area contributed by atoms with Crippen molar-refractivity contribution < 1.29 is 9.47 Å². The van der Waals surface area contributed by atoms with E-state index in [9.17, 15) is 0 Å². The maximum Gasteiger partial charge on any atom is 0.133 e. The summed E-state index contributed by atoms with van der Waals surface area (Å²) in [6, 6.07) is 4.68. The van der Waals surface area contributed by atoms with Gasteiger partial charge in [0.05, 0.1) is 18.7 Å². The zero-order valence-corrected chi connectivity index (χ0v) is 14.7. The van der Waals surface area contributed by atoms with Crippen LogP contribution in [0.1, 0.15) is 25.3 Å². The molecule has 0 aliphatic carbocycles. The highest BCUT2D eigenvalue weighted by atomic mass is 79.9. The Bertz CT molecular complexity index is 462. The zero-order valence-electron chi connectivity index (χ0n) is 13.1. The Kier molecular flexibility index (Phi) is 6.33. The smallest absolute Gasteiger partial charge is 0.133 e. The summed E-state index contributed by atoms with van der Waals surface area (Å²) >= 11 is 3.52. The minimum atomic E-state index is 0.615. The molecular weight excluding hydrogens is 332 g/mol. The number of ether oxygens (including phenoxy) is 2. The Morgan fingerprint density at radius 3 is 2.62 bits per heavy atom. The number of nitrogens with one attached hydrogen (secondary N) is 1. The fourth-order valence-electron chi connectivity index (χ4n) is 2.90. The number of rotatable bonds is 7. The molecule has 1 fully saturated rings. The van der Waals surface area contributed by atoms with Gasteiger partial charge in [-0.3, -0.25) is 4.90 Å². The van der Waals surface area contributed by atoms with Crippen LogP contribution in [-0.4, -0.2) is 44.8 Å². The van der Waals surface area contributed by atoms with Gasteiger partial charge in [0, 0.05) is 24.7 Å². The summed E-state index contributed by atoms with van der Waals surface area (Å²) in [5, 5.41) is 3.45. The van der Waals surface area contributed by atoms with Crippen LogP contribution in [0.5, 0.6) is 11.5 Å². The second kappa shape index (κ2) is 8.01. The molecule has 0 saturated carbocycles. The monoisotopic (exact) mass is 356 g/mol. The number of halogens is 1. The van der Waals surface area contributed by atoms with E-state index in [1.807, 2.05) is 6.07 Å². The maximum absolute atomic E-state index is 5.54. The van der Waals surface area contributed by atoms with Crippen molar-refractivity contribution >= 4 is 15.9 Å². The van der Waals surface area contributed by atoms with E-state index in [-0.39, 0.29) is 0 Å². The van der Waals surface area contributed by atoms with E-state index in [4.69, 9.17) is 9.47 Å². The van der Waals surface area contributed by atoms with Gasteiger partial charge in [-0.25, -0.2) is 0 Å². The molecule has 1 aliphatic rings. The normalized spacial score (nSPS) is 18.2. The van der Waals surface area contributed by atoms with Crippen LogP contribution in [0.25, 0.3) is 0 Å². The van der Waals surface area contributed by atoms with Gasteiger partial charge in [-0.2, -0.15) is 0 Å². The maximum atomic E-state index is 5.54. The van der Waals surface area contributed by atoms with Gasteiger partial charge in [-0.15, -0.1) is 0 Å². The summed E-state index contributed by atoms with van der Waals surface area (Å²) in [4.78, 5) is 2.55. The van der Waals surface area contributed by atoms with Gasteiger partial charge in [-0.05, 0) is 54.0 Å². The molecule has 5 heteroatoms. The molecule has 1 aromatic carbocycles. The molecule has 1 aromatic rings. The minimum Gasteiger partial charge on any atom is -0.496 e. The number of hydrogen-bond acceptors (Lipinski definition) is 4. The van der Waals surface area contributed by atoms with Crippen LogP contribution in [0.15, 0.2) is 16.6 Å². The third kappa shape index (κ3) is 4.11. The van der Waals surface area contributed by atoms with E-state index in [1.165, 1.54) is 12.0 Å². The van der Waals surface area contributed by atoms with Gasteiger partial charge in [0.1, 0.15) is 11.5 Å². The fraction of sp³-hybridized carbons (Fsp3) is 0.625. The molecule has 1 heterocycles. The highest BCUT2D eigenvalue weighted by Crippen LogP contribution is 2.33. The lowest BCUT2D eigenvalue weighted by molar-refractivity contribution is 0.197. The summed E-state index contributed by atoms with van der Waals surface area (Å²) in [5.74, 6) is 1.77. The lowest BCUT2D eigenvalue weighted by Gasteiger charge is -2.28. The van der Waals surface area contributed by atoms with Crippen molar-refractivity contribution in [3.8, 4) is 11.5 Å². The number of hydrogen-bond donors (Lipinski definition) is 1. The van der Waals surface area contributed by atoms with E-state index in [0.717, 1.165) is 48.6 Å². The Labute approximate surface area is 135 Å². The van der Waals surface area contributed by atoms with Gasteiger partial charge < -0.3 is 14.8 Å². The van der Waals surface area contributed by atoms with Crippen molar-refractivity contribution in [3.63, 3.8) is 0 Å². The SMILES string of the molecule is CCCN(Cc1cc(OC)c(Br)cc1OC)C1CCNC1. The van der Waals surface area contributed by atoms with Crippen LogP contribution in [0, 0.1) is 0 Å². The lowest BCUT2D eigenvalue weighted by Crippen LogP contribution is -2.37. The molecule has 0 aromatic heterocycles. The van der Waals surface area contributed by atoms with E-state index >= 15 is 0 Å². The first-order valence-corrected chi connectivity index (χ1v) is 8.34. The first-order valence-electron chi connectivity index (χ1n) is 7.54. The average molecular weight is 357 g/mol. The summed E-state index contributed by atoms with van der Waals surface area (Å²) in [5.41, 5.74) is 1.18. The van der Waals surface area contributed by atoms with Crippen LogP contribution < -0.4 is 14.8 Å². The number of methoxy groups -OCH3 is 2. The van der Waals surface area contributed by atoms with Crippen molar-refractivity contribution in [3.05, 3.63) is 22.2 Å². The highest BCUT2D eigenvalue weighted by Gasteiger charge is 2.23. The van der Waals surface area contributed by atoms with Crippen LogP contribution in [0.3, 0.4) is 0 Å². The summed E-state index contributed by atoms with van der Waals surface area (Å²) in [6.45, 7) is 6.43. The minimum absolute atomic E-state index is 0.615. The van der Waals surface area contributed by atoms with E-state index in [1.54, 1.807) is 14.2 Å². The molecule has 4 nitrogen and oxygen atoms in total. The van der Waals surface area contributed by atoms with Crippen LogP contribution in [0.4, 0.5) is 0 Å². The first-order chi connectivity index (χ1) is 10.2. The fourth-order valence-corrected chi connectivity index (χ4v) is 3.38. The lowest BCUT2D eigenvalue weighted by atomic mass is 10.1. The van der Waals surface area contributed by atoms with Gasteiger partial charge in [0.25, 0.3) is 0 Å². The van der Waals surface area contributed by atoms with Gasteiger partial charge >= 0.3 is 0 Å². The summed E-state index contributed by atoms with van der Waals surface area (Å²) in [6.07, 6.45) is 2.38. The highest BCUT2D eigenvalue weighted by molar-refractivity contribution is 9.10. The predicted molar refractivity (Wildman–Crippen MR) is 89.2 cm³/mol. The van der Waals surface area contributed by atoms with E-state index in [2.05, 4.69) is 39.1 Å². The predicted octanol–water partition coefficient (Wildman–Crippen LogP) is 3.04. The van der Waals surface area contributed by atoms with E-state index < -0.39 is 0 Å². The van der Waals surface area contributed by atoms with Crippen LogP contribution in [-0.2, 0) is 6.54 Å². The number of nitrogens with zero attached hydrogens (tertiary/aromatic N) is 1. The van der Waals surface area contributed by atoms with E-state index in [0.29, 0.717) is 6.04 Å². The van der Waals surface area contributed by atoms with Crippen molar-refractivity contribution in [2.75, 3.05) is 33.9 Å². The molecule has 2 rings (SSSR count). The molecule has 1 unspecified atom stereocenters. The zero-order chi connectivity index (χ0) is 15.2. The van der Waals surface area contributed by atoms with Crippen molar-refractivity contribution in [1.82, 2.24) is 10.2 Å². The molecular formula is C16H25BrN2O2. The molecule has 0 bridgehead atoms. The van der Waals surface area contributed by atoms with Crippen LogP contribution >= 0.6 is 15.9 Å². The second-order valence-electron chi connectivity index (χ2n) is 5.42. The standard InChI is InChI=1S/C16H25BrN2O2/c1-4-7-19(13-5-6-18-10-13)11-12-8-16(21-3)14(17)9-15(12)20-2/h8-9,13,18H,4-7,10-11H2,1-3H3. The molecule has 1 saturated heterocycles. The molecule has 0 spiro atoms. The molecule has 1 aliphatic heterocycles. The first kappa shape index (κ1) is 16.6. The molecule has 0 amide bonds. The largest absolute Gasteiger partial charge is 0.496 e. The van der Waals surface area contributed by atoms with Crippen molar-refractivity contribution in [2.24, 2.45) is 0 Å². The quantitative estimate of drug-likeness (QED) is 0.813. The number of benzene rings is 1. The third-order valence-corrected chi connectivity index (χ3v) is 4.61. The second-order valence-corrected chi connectivity index (χ2v) is 6.27.